The molecule has 0 unspecified atom stereocenters. The van der Waals surface area contributed by atoms with Crippen molar-refractivity contribution in [2.75, 3.05) is 0 Å². The highest BCUT2D eigenvalue weighted by Gasteiger charge is 2.28. The van der Waals surface area contributed by atoms with Gasteiger partial charge >= 0.3 is 0 Å². The zero-order valence-corrected chi connectivity index (χ0v) is 15.2. The van der Waals surface area contributed by atoms with Crippen LogP contribution >= 0.6 is 11.6 Å². The fraction of sp³-hybridized carbons (Fsp3) is 0.167. The highest BCUT2D eigenvalue weighted by atomic mass is 35.5. The summed E-state index contributed by atoms with van der Waals surface area (Å²) >= 11 is 6.20. The second-order valence-corrected chi connectivity index (χ2v) is 7.96. The highest BCUT2D eigenvalue weighted by Crippen LogP contribution is 2.28. The molecule has 0 saturated carbocycles. The number of hydrogen-bond acceptors (Lipinski definition) is 4. The Morgan fingerprint density at radius 3 is 2.64 bits per heavy atom. The Bertz CT molecular complexity index is 942. The van der Waals surface area contributed by atoms with E-state index in [1.165, 1.54) is 16.6 Å². The van der Waals surface area contributed by atoms with Gasteiger partial charge in [-0.2, -0.15) is 4.31 Å². The molecule has 5 nitrogen and oxygen atoms in total. The molecule has 0 N–H and O–H groups in total. The first-order valence-electron chi connectivity index (χ1n) is 7.64. The number of furan rings is 1. The first-order valence-corrected chi connectivity index (χ1v) is 9.46. The monoisotopic (exact) mass is 376 g/mol. The number of halogens is 1. The van der Waals surface area contributed by atoms with Crippen molar-refractivity contribution in [3.8, 4) is 0 Å². The van der Waals surface area contributed by atoms with Crippen LogP contribution in [0.1, 0.15) is 16.9 Å². The molecule has 1 aromatic carbocycles. The van der Waals surface area contributed by atoms with E-state index >= 15 is 0 Å². The molecule has 130 valence electrons. The van der Waals surface area contributed by atoms with Crippen LogP contribution in [-0.4, -0.2) is 17.7 Å². The molecule has 0 amide bonds. The van der Waals surface area contributed by atoms with Crippen LogP contribution in [0, 0.1) is 6.92 Å². The lowest BCUT2D eigenvalue weighted by atomic mass is 10.2. The van der Waals surface area contributed by atoms with Gasteiger partial charge in [0.1, 0.15) is 10.7 Å². The quantitative estimate of drug-likeness (QED) is 0.651. The number of benzene rings is 1. The van der Waals surface area contributed by atoms with Gasteiger partial charge in [0.2, 0.25) is 10.0 Å². The predicted molar refractivity (Wildman–Crippen MR) is 95.6 cm³/mol. The molecule has 25 heavy (non-hydrogen) atoms. The smallest absolute Gasteiger partial charge is 0.245 e. The van der Waals surface area contributed by atoms with Gasteiger partial charge in [-0.1, -0.05) is 23.7 Å². The molecule has 0 atom stereocenters. The minimum atomic E-state index is -3.81. The van der Waals surface area contributed by atoms with Gasteiger partial charge in [-0.15, -0.1) is 0 Å². The van der Waals surface area contributed by atoms with Crippen LogP contribution in [0.5, 0.6) is 0 Å². The van der Waals surface area contributed by atoms with Crippen LogP contribution < -0.4 is 0 Å². The van der Waals surface area contributed by atoms with Gasteiger partial charge in [0.15, 0.2) is 0 Å². The van der Waals surface area contributed by atoms with Crippen molar-refractivity contribution < 1.29 is 12.8 Å². The number of pyridine rings is 1. The van der Waals surface area contributed by atoms with Crippen molar-refractivity contribution in [3.63, 3.8) is 0 Å². The second-order valence-electron chi connectivity index (χ2n) is 5.65. The topological polar surface area (TPSA) is 63.4 Å². The Hall–Kier alpha value is -2.15. The lowest BCUT2D eigenvalue weighted by molar-refractivity contribution is 0.358. The summed E-state index contributed by atoms with van der Waals surface area (Å²) in [5, 5.41) is 0.204. The number of aryl methyl sites for hydroxylation is 1. The van der Waals surface area contributed by atoms with Crippen LogP contribution in [0.2, 0.25) is 5.02 Å². The molecule has 0 aliphatic rings. The van der Waals surface area contributed by atoms with E-state index in [4.69, 9.17) is 16.0 Å². The minimum Gasteiger partial charge on any atom is -0.468 e. The van der Waals surface area contributed by atoms with Gasteiger partial charge in [0, 0.05) is 18.9 Å². The third-order valence-electron chi connectivity index (χ3n) is 3.70. The molecular formula is C18H17ClN2O3S. The molecule has 2 aromatic heterocycles. The van der Waals surface area contributed by atoms with E-state index in [-0.39, 0.29) is 23.0 Å². The van der Waals surface area contributed by atoms with Gasteiger partial charge < -0.3 is 4.42 Å². The zero-order valence-electron chi connectivity index (χ0n) is 13.6. The summed E-state index contributed by atoms with van der Waals surface area (Å²) in [5.74, 6) is 0.552. The summed E-state index contributed by atoms with van der Waals surface area (Å²) in [6, 6.07) is 12.0. The SMILES string of the molecule is Cc1ccc(S(=O)(=O)N(Cc2cccnc2)Cc2ccco2)c(Cl)c1. The maximum atomic E-state index is 13.2. The molecule has 0 aliphatic carbocycles. The second kappa shape index (κ2) is 7.39. The zero-order chi connectivity index (χ0) is 17.9. The van der Waals surface area contributed by atoms with Crippen molar-refractivity contribution in [2.24, 2.45) is 0 Å². The fourth-order valence-corrected chi connectivity index (χ4v) is 4.42. The van der Waals surface area contributed by atoms with Crippen molar-refractivity contribution in [2.45, 2.75) is 24.9 Å². The van der Waals surface area contributed by atoms with E-state index < -0.39 is 10.0 Å². The van der Waals surface area contributed by atoms with Gasteiger partial charge in [0.25, 0.3) is 0 Å². The van der Waals surface area contributed by atoms with Crippen LogP contribution in [-0.2, 0) is 23.1 Å². The Morgan fingerprint density at radius 1 is 1.16 bits per heavy atom. The van der Waals surface area contributed by atoms with Crippen molar-refractivity contribution >= 4 is 21.6 Å². The van der Waals surface area contributed by atoms with Crippen molar-refractivity contribution in [1.29, 1.82) is 0 Å². The average Bonchev–Trinajstić information content (AvgIpc) is 3.08. The molecule has 2 heterocycles. The van der Waals surface area contributed by atoms with E-state index in [1.807, 2.05) is 13.0 Å². The summed E-state index contributed by atoms with van der Waals surface area (Å²) in [7, 11) is -3.81. The first kappa shape index (κ1) is 17.7. The number of hydrogen-bond donors (Lipinski definition) is 0. The van der Waals surface area contributed by atoms with Gasteiger partial charge in [-0.05, 0) is 48.4 Å². The molecule has 0 radical (unpaired) electrons. The van der Waals surface area contributed by atoms with Crippen molar-refractivity contribution in [3.05, 3.63) is 83.0 Å². The summed E-state index contributed by atoms with van der Waals surface area (Å²) in [5.41, 5.74) is 1.68. The maximum Gasteiger partial charge on any atom is 0.245 e. The summed E-state index contributed by atoms with van der Waals surface area (Å²) in [4.78, 5) is 4.13. The highest BCUT2D eigenvalue weighted by molar-refractivity contribution is 7.89. The van der Waals surface area contributed by atoms with Gasteiger partial charge in [-0.3, -0.25) is 4.98 Å². The van der Waals surface area contributed by atoms with Crippen LogP contribution in [0.3, 0.4) is 0 Å². The van der Waals surface area contributed by atoms with E-state index in [9.17, 15) is 8.42 Å². The van der Waals surface area contributed by atoms with Gasteiger partial charge in [0.05, 0.1) is 17.8 Å². The number of sulfonamides is 1. The number of nitrogens with zero attached hydrogens (tertiary/aromatic N) is 2. The van der Waals surface area contributed by atoms with E-state index in [1.54, 1.807) is 42.7 Å². The van der Waals surface area contributed by atoms with E-state index in [2.05, 4.69) is 4.98 Å². The lowest BCUT2D eigenvalue weighted by Crippen LogP contribution is -2.30. The minimum absolute atomic E-state index is 0.0789. The molecule has 0 aliphatic heterocycles. The summed E-state index contributed by atoms with van der Waals surface area (Å²) in [6.07, 6.45) is 4.80. The Labute approximate surface area is 151 Å². The third-order valence-corrected chi connectivity index (χ3v) is 5.97. The summed E-state index contributed by atoms with van der Waals surface area (Å²) in [6.45, 7) is 2.13. The predicted octanol–water partition coefficient (Wildman–Crippen LogP) is 4.03. The molecule has 0 spiro atoms. The molecule has 7 heteroatoms. The molecule has 0 saturated heterocycles. The average molecular weight is 377 g/mol. The fourth-order valence-electron chi connectivity index (χ4n) is 2.45. The largest absolute Gasteiger partial charge is 0.468 e. The first-order chi connectivity index (χ1) is 12.0. The molecule has 3 aromatic rings. The number of rotatable bonds is 6. The normalized spacial score (nSPS) is 11.8. The maximum absolute atomic E-state index is 13.2. The molecular weight excluding hydrogens is 360 g/mol. The lowest BCUT2D eigenvalue weighted by Gasteiger charge is -2.22. The van der Waals surface area contributed by atoms with Gasteiger partial charge in [-0.25, -0.2) is 8.42 Å². The standard InChI is InChI=1S/C18H17ClN2O3S/c1-14-6-7-18(17(19)10-14)25(22,23)21(13-16-5-3-9-24-16)12-15-4-2-8-20-11-15/h2-11H,12-13H2,1H3. The third kappa shape index (κ3) is 4.10. The Kier molecular flexibility index (Phi) is 5.22. The van der Waals surface area contributed by atoms with E-state index in [0.717, 1.165) is 11.1 Å². The Balaban J connectivity index is 1.99. The molecule has 0 fully saturated rings. The molecule has 3 rings (SSSR count). The van der Waals surface area contributed by atoms with Crippen LogP contribution in [0.15, 0.2) is 70.4 Å². The Morgan fingerprint density at radius 2 is 2.00 bits per heavy atom. The van der Waals surface area contributed by atoms with E-state index in [0.29, 0.717) is 5.76 Å². The summed E-state index contributed by atoms with van der Waals surface area (Å²) < 4.78 is 33.0. The number of aromatic nitrogens is 1. The van der Waals surface area contributed by atoms with Crippen LogP contribution in [0.25, 0.3) is 0 Å². The van der Waals surface area contributed by atoms with Crippen molar-refractivity contribution in [1.82, 2.24) is 9.29 Å². The van der Waals surface area contributed by atoms with Crippen LogP contribution in [0.4, 0.5) is 0 Å². The molecule has 0 bridgehead atoms.